The maximum atomic E-state index is 3.31. The minimum atomic E-state index is 1.09. The molecule has 46 valence electrons. The van der Waals surface area contributed by atoms with E-state index in [1.54, 1.807) is 0 Å². The van der Waals surface area contributed by atoms with Crippen molar-refractivity contribution in [2.45, 2.75) is 6.92 Å². The van der Waals surface area contributed by atoms with Crippen molar-refractivity contribution in [1.82, 2.24) is 5.32 Å². The van der Waals surface area contributed by atoms with Gasteiger partial charge in [0.2, 0.25) is 0 Å². The van der Waals surface area contributed by atoms with E-state index < -0.39 is 0 Å². The van der Waals surface area contributed by atoms with Crippen molar-refractivity contribution < 1.29 is 0 Å². The van der Waals surface area contributed by atoms with Crippen molar-refractivity contribution in [3.8, 4) is 0 Å². The zero-order valence-corrected chi connectivity index (χ0v) is 6.70. The van der Waals surface area contributed by atoms with E-state index in [1.807, 2.05) is 32.3 Å². The summed E-state index contributed by atoms with van der Waals surface area (Å²) in [6.45, 7) is 1.98. The summed E-state index contributed by atoms with van der Waals surface area (Å²) in [5.74, 6) is 0. The number of nitrogens with one attached hydrogen (secondary N) is 1. The van der Waals surface area contributed by atoms with Crippen molar-refractivity contribution in [2.24, 2.45) is 0 Å². The predicted octanol–water partition coefficient (Wildman–Crippen LogP) is 2.02. The van der Waals surface area contributed by atoms with Gasteiger partial charge >= 0.3 is 0 Å². The molecule has 0 aliphatic heterocycles. The van der Waals surface area contributed by atoms with Gasteiger partial charge in [-0.2, -0.15) is 0 Å². The van der Waals surface area contributed by atoms with Gasteiger partial charge in [-0.15, -0.1) is 0 Å². The highest BCUT2D eigenvalue weighted by molar-refractivity contribution is 9.11. The van der Waals surface area contributed by atoms with Crippen molar-refractivity contribution in [1.29, 1.82) is 0 Å². The summed E-state index contributed by atoms with van der Waals surface area (Å²) in [5.41, 5.74) is 0. The third-order valence-electron chi connectivity index (χ3n) is 0.685. The Morgan fingerprint density at radius 1 is 1.62 bits per heavy atom. The Morgan fingerprint density at radius 3 is 2.62 bits per heavy atom. The lowest BCUT2D eigenvalue weighted by molar-refractivity contribution is 1.10. The first kappa shape index (κ1) is 7.76. The fraction of sp³-hybridized carbons (Fsp3) is 0.333. The Bertz CT molecular complexity index is 105. The Labute approximate surface area is 58.6 Å². The van der Waals surface area contributed by atoms with Crippen molar-refractivity contribution >= 4 is 15.9 Å². The first-order chi connectivity index (χ1) is 3.81. The van der Waals surface area contributed by atoms with Gasteiger partial charge in [0.25, 0.3) is 0 Å². The Hall–Kier alpha value is -0.240. The topological polar surface area (TPSA) is 12.0 Å². The second kappa shape index (κ2) is 4.91. The molecule has 0 aliphatic carbocycles. The lowest BCUT2D eigenvalue weighted by atomic mass is 10.5. The Morgan fingerprint density at radius 2 is 2.25 bits per heavy atom. The van der Waals surface area contributed by atoms with Crippen molar-refractivity contribution in [3.63, 3.8) is 0 Å². The largest absolute Gasteiger partial charge is 0.394 e. The molecule has 0 amide bonds. The normalized spacial score (nSPS) is 12.6. The van der Waals surface area contributed by atoms with Crippen LogP contribution in [-0.4, -0.2) is 7.05 Å². The molecule has 0 saturated carbocycles. The van der Waals surface area contributed by atoms with Crippen molar-refractivity contribution in [2.75, 3.05) is 7.05 Å². The third-order valence-corrected chi connectivity index (χ3v) is 1.41. The molecule has 0 radical (unpaired) electrons. The van der Waals surface area contributed by atoms with Crippen LogP contribution in [0.1, 0.15) is 6.92 Å². The van der Waals surface area contributed by atoms with Gasteiger partial charge in [-0.1, -0.05) is 22.0 Å². The highest BCUT2D eigenvalue weighted by Gasteiger charge is 1.74. The molecule has 1 nitrogen and oxygen atoms in total. The van der Waals surface area contributed by atoms with Gasteiger partial charge in [-0.05, 0) is 19.2 Å². The molecule has 0 saturated heterocycles. The van der Waals surface area contributed by atoms with Crippen LogP contribution in [0.4, 0.5) is 0 Å². The van der Waals surface area contributed by atoms with E-state index >= 15 is 0 Å². The van der Waals surface area contributed by atoms with E-state index in [0.717, 1.165) is 4.48 Å². The molecule has 0 aromatic carbocycles. The maximum absolute atomic E-state index is 3.31. The minimum absolute atomic E-state index is 1.09. The van der Waals surface area contributed by atoms with Gasteiger partial charge < -0.3 is 5.32 Å². The molecule has 0 bridgehead atoms. The number of halogens is 1. The molecule has 0 aromatic rings. The fourth-order valence-electron chi connectivity index (χ4n) is 0.259. The Kier molecular flexibility index (Phi) is 4.76. The first-order valence-corrected chi connectivity index (χ1v) is 3.26. The van der Waals surface area contributed by atoms with Gasteiger partial charge in [0.05, 0.1) is 0 Å². The SMILES string of the molecule is C/C=C(Br)\C=C/NC. The van der Waals surface area contributed by atoms with Crippen molar-refractivity contribution in [3.05, 3.63) is 22.8 Å². The van der Waals surface area contributed by atoms with E-state index in [2.05, 4.69) is 21.2 Å². The van der Waals surface area contributed by atoms with Gasteiger partial charge in [0, 0.05) is 11.5 Å². The summed E-state index contributed by atoms with van der Waals surface area (Å²) >= 11 is 3.31. The summed E-state index contributed by atoms with van der Waals surface area (Å²) in [5, 5.41) is 2.88. The summed E-state index contributed by atoms with van der Waals surface area (Å²) < 4.78 is 1.09. The van der Waals surface area contributed by atoms with Crippen LogP contribution in [0.2, 0.25) is 0 Å². The lowest BCUT2D eigenvalue weighted by Crippen LogP contribution is -1.90. The molecule has 0 heterocycles. The lowest BCUT2D eigenvalue weighted by Gasteiger charge is -1.84. The van der Waals surface area contributed by atoms with Crippen LogP contribution in [0.15, 0.2) is 22.8 Å². The van der Waals surface area contributed by atoms with E-state index in [9.17, 15) is 0 Å². The average molecular weight is 176 g/mol. The second-order valence-electron chi connectivity index (χ2n) is 1.30. The third kappa shape index (κ3) is 3.93. The zero-order chi connectivity index (χ0) is 6.41. The number of rotatable bonds is 2. The highest BCUT2D eigenvalue weighted by Crippen LogP contribution is 2.03. The smallest absolute Gasteiger partial charge is 0.0146 e. The van der Waals surface area contributed by atoms with Crippen LogP contribution in [-0.2, 0) is 0 Å². The fourth-order valence-corrected chi connectivity index (χ4v) is 0.391. The van der Waals surface area contributed by atoms with Crippen LogP contribution in [0.25, 0.3) is 0 Å². The van der Waals surface area contributed by atoms with Gasteiger partial charge in [0.1, 0.15) is 0 Å². The number of hydrogen-bond donors (Lipinski definition) is 1. The van der Waals surface area contributed by atoms with Crippen LogP contribution in [0.3, 0.4) is 0 Å². The highest BCUT2D eigenvalue weighted by atomic mass is 79.9. The molecule has 0 aliphatic rings. The predicted molar refractivity (Wildman–Crippen MR) is 40.9 cm³/mol. The first-order valence-electron chi connectivity index (χ1n) is 2.47. The molecule has 2 heteroatoms. The molecule has 1 N–H and O–H groups in total. The molecular weight excluding hydrogens is 166 g/mol. The molecule has 0 unspecified atom stereocenters. The second-order valence-corrected chi connectivity index (χ2v) is 2.21. The van der Waals surface area contributed by atoms with Crippen LogP contribution < -0.4 is 5.32 Å². The van der Waals surface area contributed by atoms with E-state index in [4.69, 9.17) is 0 Å². The number of allylic oxidation sites excluding steroid dienone is 3. The minimum Gasteiger partial charge on any atom is -0.394 e. The number of hydrogen-bond acceptors (Lipinski definition) is 1. The summed E-state index contributed by atoms with van der Waals surface area (Å²) in [6.07, 6.45) is 5.79. The molecule has 0 fully saturated rings. The molecule has 0 rings (SSSR count). The standard InChI is InChI=1S/C6H10BrN/c1-3-6(7)4-5-8-2/h3-5,8H,1-2H3/b5-4-,6-3+. The molecule has 0 aromatic heterocycles. The zero-order valence-electron chi connectivity index (χ0n) is 5.11. The molecule has 0 spiro atoms. The monoisotopic (exact) mass is 175 g/mol. The van der Waals surface area contributed by atoms with Crippen LogP contribution in [0.5, 0.6) is 0 Å². The Balaban J connectivity index is 3.53. The van der Waals surface area contributed by atoms with Gasteiger partial charge in [0.15, 0.2) is 0 Å². The molecule has 8 heavy (non-hydrogen) atoms. The average Bonchev–Trinajstić information content (AvgIpc) is 1.83. The van der Waals surface area contributed by atoms with E-state index in [0.29, 0.717) is 0 Å². The molecular formula is C6H10BrN. The summed E-state index contributed by atoms with van der Waals surface area (Å²) in [6, 6.07) is 0. The van der Waals surface area contributed by atoms with E-state index in [-0.39, 0.29) is 0 Å². The summed E-state index contributed by atoms with van der Waals surface area (Å²) in [4.78, 5) is 0. The van der Waals surface area contributed by atoms with Crippen LogP contribution >= 0.6 is 15.9 Å². The van der Waals surface area contributed by atoms with Gasteiger partial charge in [-0.25, -0.2) is 0 Å². The molecule has 0 atom stereocenters. The quantitative estimate of drug-likeness (QED) is 0.634. The van der Waals surface area contributed by atoms with E-state index in [1.165, 1.54) is 0 Å². The summed E-state index contributed by atoms with van der Waals surface area (Å²) in [7, 11) is 1.87. The van der Waals surface area contributed by atoms with Crippen LogP contribution in [0, 0.1) is 0 Å². The maximum Gasteiger partial charge on any atom is 0.0146 e. The van der Waals surface area contributed by atoms with Gasteiger partial charge in [-0.3, -0.25) is 0 Å².